The molecule has 0 bridgehead atoms. The van der Waals surface area contributed by atoms with Crippen LogP contribution in [0.15, 0.2) is 29.8 Å². The number of carbonyl (C=O) groups excluding carboxylic acids is 5. The summed E-state index contributed by atoms with van der Waals surface area (Å²) in [6.45, 7) is 15.3. The van der Waals surface area contributed by atoms with Gasteiger partial charge in [-0.05, 0) is 101 Å². The van der Waals surface area contributed by atoms with E-state index in [1.807, 2.05) is 56.9 Å². The number of likely N-dealkylation sites (tertiary alicyclic amines) is 3. The number of aryl methyl sites for hydroxylation is 1. The van der Waals surface area contributed by atoms with Gasteiger partial charge in [-0.15, -0.1) is 11.3 Å². The molecular weight excluding hydrogens is 776 g/mol. The van der Waals surface area contributed by atoms with Crippen LogP contribution in [0.3, 0.4) is 0 Å². The summed E-state index contributed by atoms with van der Waals surface area (Å²) in [7, 11) is 0. The first-order chi connectivity index (χ1) is 27.7. The number of aliphatic hydroxyl groups excluding tert-OH is 1. The van der Waals surface area contributed by atoms with Crippen LogP contribution < -0.4 is 10.6 Å². The number of nitrogens with zero attached hydrogens (tertiary/aromatic N) is 4. The second-order valence-electron chi connectivity index (χ2n) is 19.3. The first kappa shape index (κ1) is 44.4. The number of hydrogen-bond donors (Lipinski definition) is 3. The first-order valence-corrected chi connectivity index (χ1v) is 22.1. The molecule has 4 fully saturated rings. The lowest BCUT2D eigenvalue weighted by atomic mass is 9.82. The summed E-state index contributed by atoms with van der Waals surface area (Å²) in [5.41, 5.74) is 1.06. The Kier molecular flexibility index (Phi) is 13.4. The molecule has 0 unspecified atom stereocenters. The molecule has 2 aromatic rings. The van der Waals surface area contributed by atoms with Crippen molar-refractivity contribution < 1.29 is 38.2 Å². The zero-order valence-corrected chi connectivity index (χ0v) is 36.5. The molecule has 4 aliphatic rings. The molecule has 15 heteroatoms. The van der Waals surface area contributed by atoms with Crippen LogP contribution in [0.5, 0.6) is 0 Å². The number of amides is 5. The van der Waals surface area contributed by atoms with Gasteiger partial charge in [-0.3, -0.25) is 19.2 Å². The smallest absolute Gasteiger partial charge is 0.410 e. The van der Waals surface area contributed by atoms with Gasteiger partial charge >= 0.3 is 6.09 Å². The number of aromatic nitrogens is 1. The second kappa shape index (κ2) is 17.9. The molecule has 324 valence electrons. The Morgan fingerprint density at radius 3 is 2.05 bits per heavy atom. The lowest BCUT2D eigenvalue weighted by Gasteiger charge is -2.37. The number of nitrogens with one attached hydrogen (secondary N) is 2. The minimum atomic E-state index is -1.99. The summed E-state index contributed by atoms with van der Waals surface area (Å²) < 4.78 is 20.3. The highest BCUT2D eigenvalue weighted by Crippen LogP contribution is 2.41. The number of aliphatic hydroxyl groups is 1. The molecule has 1 aromatic heterocycles. The molecule has 0 radical (unpaired) electrons. The lowest BCUT2D eigenvalue weighted by molar-refractivity contribution is -0.145. The third-order valence-corrected chi connectivity index (χ3v) is 13.2. The van der Waals surface area contributed by atoms with E-state index in [9.17, 15) is 33.5 Å². The molecule has 59 heavy (non-hydrogen) atoms. The Morgan fingerprint density at radius 1 is 0.932 bits per heavy atom. The van der Waals surface area contributed by atoms with E-state index in [0.29, 0.717) is 38.0 Å². The summed E-state index contributed by atoms with van der Waals surface area (Å²) >= 11 is 1.53. The Balaban J connectivity index is 1.11. The van der Waals surface area contributed by atoms with Crippen LogP contribution in [-0.4, -0.2) is 117 Å². The van der Waals surface area contributed by atoms with Crippen LogP contribution in [0, 0.1) is 24.2 Å². The maximum atomic E-state index is 14.7. The Hall–Kier alpha value is -4.11. The van der Waals surface area contributed by atoms with Gasteiger partial charge in [-0.2, -0.15) is 0 Å². The number of carbonyl (C=O) groups is 5. The fraction of sp³-hybridized carbons (Fsp3) is 0.682. The molecule has 0 spiro atoms. The fourth-order valence-corrected chi connectivity index (χ4v) is 9.37. The van der Waals surface area contributed by atoms with Crippen molar-refractivity contribution in [2.75, 3.05) is 32.7 Å². The van der Waals surface area contributed by atoms with Crippen molar-refractivity contribution in [2.24, 2.45) is 17.3 Å². The molecule has 13 nitrogen and oxygen atoms in total. The highest BCUT2D eigenvalue weighted by molar-refractivity contribution is 7.13. The zero-order valence-electron chi connectivity index (χ0n) is 35.7. The standard InChI is InChI=1S/C44H63FN6O7S/c1-27-36(59-26-46-27)31-10-8-30(9-11-31)33(24-35(53)49-18-12-28(13-19-49)22-29-14-20-50(21-15-29)41(57)58-43(5,6)7)47-38(54)34-23-32(52)25-51(34)39(55)37(42(2,3)4)48-40(56)44(45)16-17-44/h8-11,26,28-29,32-34,37,52H,12-25H2,1-7H3,(H,47,54)(H,48,56)/t32-,33+,34+,37-/m1/s1. The summed E-state index contributed by atoms with van der Waals surface area (Å²) in [5.74, 6) is -1.01. The largest absolute Gasteiger partial charge is 0.444 e. The Morgan fingerprint density at radius 2 is 1.53 bits per heavy atom. The number of rotatable bonds is 11. The van der Waals surface area contributed by atoms with Gasteiger partial charge in [0.1, 0.15) is 17.7 Å². The predicted octanol–water partition coefficient (Wildman–Crippen LogP) is 5.94. The average Bonchev–Trinajstić information content (AvgIpc) is 3.58. The van der Waals surface area contributed by atoms with E-state index in [1.165, 1.54) is 16.2 Å². The van der Waals surface area contributed by atoms with E-state index in [-0.39, 0.29) is 44.2 Å². The highest BCUT2D eigenvalue weighted by Gasteiger charge is 2.53. The van der Waals surface area contributed by atoms with Gasteiger partial charge in [0.25, 0.3) is 5.91 Å². The number of thiazole rings is 1. The predicted molar refractivity (Wildman–Crippen MR) is 223 cm³/mol. The Labute approximate surface area is 351 Å². The van der Waals surface area contributed by atoms with Crippen LogP contribution in [0.25, 0.3) is 10.4 Å². The number of β-amino-alcohol motifs (C(OH)–C–C–N with tert-alkyl or cyclic N) is 1. The SMILES string of the molecule is Cc1ncsc1-c1ccc([C@H](CC(=O)N2CCC(CC3CCN(C(=O)OC(C)(C)C)CC3)CC2)NC(=O)[C@@H]2C[C@@H](O)CN2C(=O)[C@@H](NC(=O)C2(F)CC2)C(C)(C)C)cc1. The fourth-order valence-electron chi connectivity index (χ4n) is 8.55. The van der Waals surface area contributed by atoms with Crippen LogP contribution >= 0.6 is 11.3 Å². The quantitative estimate of drug-likeness (QED) is 0.251. The van der Waals surface area contributed by atoms with Crippen molar-refractivity contribution in [1.82, 2.24) is 30.3 Å². The van der Waals surface area contributed by atoms with Crippen molar-refractivity contribution in [1.29, 1.82) is 0 Å². The van der Waals surface area contributed by atoms with Gasteiger partial charge in [-0.1, -0.05) is 45.0 Å². The topological polar surface area (TPSA) is 161 Å². The molecule has 3 N–H and O–H groups in total. The zero-order chi connectivity index (χ0) is 42.9. The molecule has 6 rings (SSSR count). The van der Waals surface area contributed by atoms with E-state index in [1.54, 1.807) is 31.2 Å². The van der Waals surface area contributed by atoms with Crippen LogP contribution in [0.2, 0.25) is 0 Å². The molecule has 1 aromatic carbocycles. The lowest BCUT2D eigenvalue weighted by Crippen LogP contribution is -2.59. The van der Waals surface area contributed by atoms with Crippen molar-refractivity contribution in [3.8, 4) is 10.4 Å². The third kappa shape index (κ3) is 11.2. The molecular formula is C44H63FN6O7S. The first-order valence-electron chi connectivity index (χ1n) is 21.3. The van der Waals surface area contributed by atoms with Crippen molar-refractivity contribution in [3.05, 3.63) is 41.0 Å². The number of halogens is 1. The molecule has 1 aliphatic carbocycles. The molecule has 3 aliphatic heterocycles. The van der Waals surface area contributed by atoms with E-state index in [2.05, 4.69) is 15.6 Å². The van der Waals surface area contributed by atoms with Gasteiger partial charge < -0.3 is 35.2 Å². The molecule has 4 heterocycles. The summed E-state index contributed by atoms with van der Waals surface area (Å²) in [6.07, 6.45) is 3.63. The van der Waals surface area contributed by atoms with E-state index in [0.717, 1.165) is 53.8 Å². The average molecular weight is 839 g/mol. The third-order valence-electron chi connectivity index (χ3n) is 12.3. The van der Waals surface area contributed by atoms with E-state index >= 15 is 0 Å². The molecule has 1 saturated carbocycles. The van der Waals surface area contributed by atoms with Gasteiger partial charge in [0, 0.05) is 39.1 Å². The monoisotopic (exact) mass is 838 g/mol. The second-order valence-corrected chi connectivity index (χ2v) is 20.1. The molecule has 3 saturated heterocycles. The van der Waals surface area contributed by atoms with Gasteiger partial charge in [0.15, 0.2) is 5.67 Å². The Bertz CT molecular complexity index is 1840. The number of piperidine rings is 2. The van der Waals surface area contributed by atoms with Gasteiger partial charge in [0.2, 0.25) is 17.7 Å². The maximum Gasteiger partial charge on any atom is 0.410 e. The van der Waals surface area contributed by atoms with Crippen LogP contribution in [0.4, 0.5) is 9.18 Å². The molecule has 4 atom stereocenters. The minimum Gasteiger partial charge on any atom is -0.444 e. The van der Waals surface area contributed by atoms with Gasteiger partial charge in [-0.25, -0.2) is 14.2 Å². The van der Waals surface area contributed by atoms with Crippen molar-refractivity contribution >= 4 is 41.1 Å². The molecule has 5 amide bonds. The van der Waals surface area contributed by atoms with Crippen molar-refractivity contribution in [2.45, 2.75) is 142 Å². The van der Waals surface area contributed by atoms with Gasteiger partial charge in [0.05, 0.1) is 34.6 Å². The highest BCUT2D eigenvalue weighted by atomic mass is 32.1. The van der Waals surface area contributed by atoms with E-state index < -0.39 is 58.6 Å². The van der Waals surface area contributed by atoms with Crippen molar-refractivity contribution in [3.63, 3.8) is 0 Å². The van der Waals surface area contributed by atoms with E-state index in [4.69, 9.17) is 4.74 Å². The normalized spacial score (nSPS) is 22.4. The summed E-state index contributed by atoms with van der Waals surface area (Å²) in [6, 6.07) is 4.77. The maximum absolute atomic E-state index is 14.7. The number of hydrogen-bond acceptors (Lipinski definition) is 9. The summed E-state index contributed by atoms with van der Waals surface area (Å²) in [5, 5.41) is 16.4. The van der Waals surface area contributed by atoms with Crippen LogP contribution in [0.1, 0.15) is 117 Å². The number of alkyl halides is 1. The minimum absolute atomic E-state index is 0.000932. The summed E-state index contributed by atoms with van der Waals surface area (Å²) in [4.78, 5) is 78.0. The number of ether oxygens (including phenoxy) is 1. The number of benzene rings is 1. The van der Waals surface area contributed by atoms with Crippen LogP contribution in [-0.2, 0) is 23.9 Å².